The van der Waals surface area contributed by atoms with Crippen LogP contribution < -0.4 is 0 Å². The Balaban J connectivity index is 1.92. The van der Waals surface area contributed by atoms with Crippen LogP contribution in [-0.4, -0.2) is 71.5 Å². The summed E-state index contributed by atoms with van der Waals surface area (Å²) in [6, 6.07) is 8.55. The molecule has 2 aromatic rings. The molecule has 0 radical (unpaired) electrons. The molecule has 0 spiro atoms. The highest BCUT2D eigenvalue weighted by Crippen LogP contribution is 2.29. The first-order valence-corrected chi connectivity index (χ1v) is 10.1. The number of carbonyl (C=O) groups is 2. The first kappa shape index (κ1) is 25.2. The number of methoxy groups -OCH3 is 1. The summed E-state index contributed by atoms with van der Waals surface area (Å²) in [5.74, 6) is -3.08. The van der Waals surface area contributed by atoms with E-state index in [4.69, 9.17) is 18.9 Å². The van der Waals surface area contributed by atoms with Gasteiger partial charge in [-0.1, -0.05) is 17.7 Å². The van der Waals surface area contributed by atoms with E-state index >= 15 is 0 Å². The topological polar surface area (TPSA) is 155 Å². The van der Waals surface area contributed by atoms with E-state index in [1.165, 1.54) is 19.2 Å². The van der Waals surface area contributed by atoms with Gasteiger partial charge in [0.2, 0.25) is 0 Å². The summed E-state index contributed by atoms with van der Waals surface area (Å²) >= 11 is 0. The van der Waals surface area contributed by atoms with Crippen LogP contribution in [0.1, 0.15) is 26.3 Å². The van der Waals surface area contributed by atoms with Crippen LogP contribution in [0.15, 0.2) is 42.5 Å². The lowest BCUT2D eigenvalue weighted by Crippen LogP contribution is -2.61. The number of aliphatic hydroxyl groups is 2. The smallest absolute Gasteiger partial charge is 0.345 e. The van der Waals surface area contributed by atoms with E-state index in [0.717, 1.165) is 17.7 Å². The number of benzene rings is 2. The number of ether oxygens (including phenoxy) is 4. The van der Waals surface area contributed by atoms with Crippen LogP contribution in [0.3, 0.4) is 0 Å². The number of rotatable bonds is 7. The van der Waals surface area contributed by atoms with Crippen LogP contribution in [-0.2, 0) is 18.9 Å². The molecule has 2 N–H and O–H groups in total. The van der Waals surface area contributed by atoms with Crippen molar-refractivity contribution in [1.29, 1.82) is 0 Å². The molecule has 0 bridgehead atoms. The molecule has 0 aromatic heterocycles. The number of hydrogen-bond donors (Lipinski definition) is 2. The first-order valence-electron chi connectivity index (χ1n) is 10.1. The van der Waals surface area contributed by atoms with Gasteiger partial charge in [0.05, 0.1) is 23.2 Å². The minimum Gasteiger partial charge on any atom is -0.452 e. The Bertz CT molecular complexity index is 1060. The van der Waals surface area contributed by atoms with E-state index in [1.807, 2.05) is 6.92 Å². The van der Waals surface area contributed by atoms with Gasteiger partial charge in [-0.3, -0.25) is 10.1 Å². The predicted octanol–water partition coefficient (Wildman–Crippen LogP) is 1.52. The second-order valence-corrected chi connectivity index (χ2v) is 7.48. The van der Waals surface area contributed by atoms with E-state index in [0.29, 0.717) is 6.07 Å². The van der Waals surface area contributed by atoms with E-state index in [-0.39, 0.29) is 5.56 Å². The maximum Gasteiger partial charge on any atom is 0.345 e. The molecule has 3 rings (SSSR count). The van der Waals surface area contributed by atoms with Crippen LogP contribution in [0.2, 0.25) is 0 Å². The molecule has 0 unspecified atom stereocenters. The van der Waals surface area contributed by atoms with E-state index in [9.17, 15) is 34.3 Å². The van der Waals surface area contributed by atoms with E-state index in [2.05, 4.69) is 0 Å². The van der Waals surface area contributed by atoms with Crippen molar-refractivity contribution in [3.05, 3.63) is 75.1 Å². The fourth-order valence-corrected chi connectivity index (χ4v) is 3.39. The van der Waals surface area contributed by atoms with Gasteiger partial charge in [0.15, 0.2) is 18.5 Å². The second kappa shape index (κ2) is 10.7. The van der Waals surface area contributed by atoms with Gasteiger partial charge in [-0.25, -0.2) is 14.0 Å². The highest BCUT2D eigenvalue weighted by molar-refractivity contribution is 5.94. The van der Waals surface area contributed by atoms with Gasteiger partial charge in [0, 0.05) is 7.11 Å². The summed E-state index contributed by atoms with van der Waals surface area (Å²) in [4.78, 5) is 35.8. The van der Waals surface area contributed by atoms with E-state index < -0.39 is 71.2 Å². The Morgan fingerprint density at radius 2 is 1.76 bits per heavy atom. The van der Waals surface area contributed by atoms with Crippen molar-refractivity contribution in [3.8, 4) is 0 Å². The zero-order valence-electron chi connectivity index (χ0n) is 18.1. The number of aryl methyl sites for hydroxylation is 1. The van der Waals surface area contributed by atoms with Crippen LogP contribution in [0.4, 0.5) is 10.1 Å². The third-order valence-electron chi connectivity index (χ3n) is 5.18. The zero-order chi connectivity index (χ0) is 25.0. The molecule has 2 aromatic carbocycles. The molecule has 182 valence electrons. The minimum atomic E-state index is -1.65. The summed E-state index contributed by atoms with van der Waals surface area (Å²) in [7, 11) is 1.18. The third-order valence-corrected chi connectivity index (χ3v) is 5.18. The highest BCUT2D eigenvalue weighted by Gasteiger charge is 2.50. The van der Waals surface area contributed by atoms with Crippen molar-refractivity contribution in [2.75, 3.05) is 13.7 Å². The Labute approximate surface area is 192 Å². The number of aliphatic hydroxyl groups excluding tert-OH is 2. The molecule has 12 heteroatoms. The minimum absolute atomic E-state index is 0.137. The van der Waals surface area contributed by atoms with Gasteiger partial charge in [-0.15, -0.1) is 0 Å². The third kappa shape index (κ3) is 5.37. The lowest BCUT2D eigenvalue weighted by Gasteiger charge is -2.42. The van der Waals surface area contributed by atoms with Crippen LogP contribution >= 0.6 is 0 Å². The average Bonchev–Trinajstić information content (AvgIpc) is 2.81. The quantitative estimate of drug-likeness (QED) is 0.339. The number of nitro benzene ring substituents is 1. The number of nitro groups is 1. The Kier molecular flexibility index (Phi) is 7.89. The molecule has 1 fully saturated rings. The number of carbonyl (C=O) groups excluding carboxylic acids is 2. The average molecular weight is 479 g/mol. The Morgan fingerprint density at radius 1 is 1.12 bits per heavy atom. The monoisotopic (exact) mass is 479 g/mol. The first-order chi connectivity index (χ1) is 16.2. The number of halogens is 1. The lowest BCUT2D eigenvalue weighted by molar-refractivity contribution is -0.385. The number of hydrogen-bond acceptors (Lipinski definition) is 10. The zero-order valence-corrected chi connectivity index (χ0v) is 18.1. The normalized spacial score (nSPS) is 24.3. The molecule has 1 saturated heterocycles. The van der Waals surface area contributed by atoms with Crippen LogP contribution in [0.25, 0.3) is 0 Å². The second-order valence-electron chi connectivity index (χ2n) is 7.48. The standard InChI is InChI=1S/C22H22FNO10/c1-11-3-5-12(6-4-11)20(27)33-18-17(26)16(10-25)32-22(31-2)19(18)34-21(28)14-8-7-13(23)9-15(14)24(29)30/h3-9,16-19,22,25-26H,10H2,1-2H3/t16-,17+,18+,19+,22-/m1/s1. The molecule has 0 amide bonds. The Hall–Kier alpha value is -3.45. The van der Waals surface area contributed by atoms with Crippen LogP contribution in [0, 0.1) is 22.9 Å². The Morgan fingerprint density at radius 3 is 2.35 bits per heavy atom. The summed E-state index contributed by atoms with van der Waals surface area (Å²) in [6.45, 7) is 1.14. The van der Waals surface area contributed by atoms with Crippen molar-refractivity contribution in [1.82, 2.24) is 0 Å². The molecule has 0 saturated carbocycles. The molecule has 5 atom stereocenters. The van der Waals surface area contributed by atoms with Crippen molar-refractivity contribution < 1.29 is 48.1 Å². The van der Waals surface area contributed by atoms with Crippen LogP contribution in [0.5, 0.6) is 0 Å². The van der Waals surface area contributed by atoms with Gasteiger partial charge in [-0.2, -0.15) is 0 Å². The molecule has 34 heavy (non-hydrogen) atoms. The SMILES string of the molecule is CO[C@@H]1O[C@H](CO)[C@H](O)[C@H](OC(=O)c2ccc(C)cc2)[C@@H]1OC(=O)c1ccc(F)cc1[N+](=O)[O-]. The van der Waals surface area contributed by atoms with Gasteiger partial charge in [0.1, 0.15) is 23.6 Å². The van der Waals surface area contributed by atoms with Crippen molar-refractivity contribution in [2.45, 2.75) is 37.6 Å². The fourth-order valence-electron chi connectivity index (χ4n) is 3.39. The maximum absolute atomic E-state index is 13.5. The largest absolute Gasteiger partial charge is 0.452 e. The van der Waals surface area contributed by atoms with Crippen molar-refractivity contribution in [2.24, 2.45) is 0 Å². The molecular weight excluding hydrogens is 457 g/mol. The molecule has 1 aliphatic rings. The summed E-state index contributed by atoms with van der Waals surface area (Å²) in [5.41, 5.74) is -0.408. The molecule has 0 aliphatic carbocycles. The van der Waals surface area contributed by atoms with Gasteiger partial charge in [-0.05, 0) is 31.2 Å². The van der Waals surface area contributed by atoms with Crippen molar-refractivity contribution >= 4 is 17.6 Å². The highest BCUT2D eigenvalue weighted by atomic mass is 19.1. The van der Waals surface area contributed by atoms with E-state index in [1.54, 1.807) is 12.1 Å². The summed E-state index contributed by atoms with van der Waals surface area (Å²) in [5, 5.41) is 31.5. The fraction of sp³-hybridized carbons (Fsp3) is 0.364. The lowest BCUT2D eigenvalue weighted by atomic mass is 9.98. The van der Waals surface area contributed by atoms with Gasteiger partial charge in [0.25, 0.3) is 5.69 Å². The number of esters is 2. The van der Waals surface area contributed by atoms with Crippen molar-refractivity contribution in [3.63, 3.8) is 0 Å². The molecule has 1 heterocycles. The maximum atomic E-state index is 13.5. The summed E-state index contributed by atoms with van der Waals surface area (Å²) < 4.78 is 34.7. The summed E-state index contributed by atoms with van der Waals surface area (Å²) in [6.07, 6.45) is -7.48. The molecule has 1 aliphatic heterocycles. The predicted molar refractivity (Wildman–Crippen MR) is 111 cm³/mol. The number of nitrogens with zero attached hydrogens (tertiary/aromatic N) is 1. The molecule has 11 nitrogen and oxygen atoms in total. The van der Waals surface area contributed by atoms with Gasteiger partial charge >= 0.3 is 11.9 Å². The molecular formula is C22H22FNO10. The van der Waals surface area contributed by atoms with Gasteiger partial charge < -0.3 is 29.2 Å².